The minimum atomic E-state index is -1.31. The van der Waals surface area contributed by atoms with Gasteiger partial charge in [-0.05, 0) is 6.08 Å². The van der Waals surface area contributed by atoms with Gasteiger partial charge in [-0.25, -0.2) is 0 Å². The lowest BCUT2D eigenvalue weighted by Gasteiger charge is -2.09. The van der Waals surface area contributed by atoms with E-state index in [1.54, 1.807) is 0 Å². The molecule has 1 atom stereocenters. The fourth-order valence-electron chi connectivity index (χ4n) is 0.689. The fraction of sp³-hybridized carbons (Fsp3) is 0.333. The van der Waals surface area contributed by atoms with E-state index < -0.39 is 29.9 Å². The highest BCUT2D eigenvalue weighted by molar-refractivity contribution is 6.11. The molecule has 0 amide bonds. The monoisotopic (exact) mass is 142 g/mol. The lowest BCUT2D eigenvalue weighted by atomic mass is 10.0. The van der Waals surface area contributed by atoms with Gasteiger partial charge in [-0.2, -0.15) is 0 Å². The maximum absolute atomic E-state index is 10.5. The molecule has 2 N–H and O–H groups in total. The summed E-state index contributed by atoms with van der Waals surface area (Å²) in [7, 11) is 0. The summed E-state index contributed by atoms with van der Waals surface area (Å²) in [6.45, 7) is 0. The normalized spacial score (nSPS) is 26.5. The smallest absolute Gasteiger partial charge is 0.204 e. The highest BCUT2D eigenvalue weighted by Gasteiger charge is 2.25. The van der Waals surface area contributed by atoms with Gasteiger partial charge in [-0.3, -0.25) is 9.59 Å². The first-order valence-corrected chi connectivity index (χ1v) is 2.76. The van der Waals surface area contributed by atoms with Crippen LogP contribution in [0.15, 0.2) is 11.8 Å². The Labute approximate surface area is 56.8 Å². The number of carbonyl (C=O) groups is 2. The summed E-state index contributed by atoms with van der Waals surface area (Å²) >= 11 is 0. The molecule has 0 saturated carbocycles. The zero-order valence-corrected chi connectivity index (χ0v) is 5.07. The van der Waals surface area contributed by atoms with Crippen molar-refractivity contribution < 1.29 is 19.8 Å². The standard InChI is InChI=1S/C6H6O4/c7-3-1-4(8)6(10)2-5(3)9/h1,3,7-8H,2H2. The highest BCUT2D eigenvalue weighted by Crippen LogP contribution is 2.08. The Hall–Kier alpha value is -1.16. The van der Waals surface area contributed by atoms with E-state index in [-0.39, 0.29) is 0 Å². The van der Waals surface area contributed by atoms with E-state index >= 15 is 0 Å². The number of ketones is 2. The molecular formula is C6H6O4. The maximum Gasteiger partial charge on any atom is 0.204 e. The van der Waals surface area contributed by atoms with Crippen molar-refractivity contribution in [3.63, 3.8) is 0 Å². The molecule has 10 heavy (non-hydrogen) atoms. The predicted octanol–water partition coefficient (Wildman–Crippen LogP) is -0.669. The molecule has 1 aliphatic carbocycles. The Balaban J connectivity index is 2.89. The molecule has 0 radical (unpaired) electrons. The average Bonchev–Trinajstić information content (AvgIpc) is 1.84. The molecule has 0 aromatic heterocycles. The van der Waals surface area contributed by atoms with E-state index in [1.807, 2.05) is 0 Å². The molecular weight excluding hydrogens is 136 g/mol. The van der Waals surface area contributed by atoms with Crippen molar-refractivity contribution in [2.24, 2.45) is 0 Å². The Bertz CT molecular complexity index is 216. The lowest BCUT2D eigenvalue weighted by molar-refractivity contribution is -0.132. The number of carbonyl (C=O) groups excluding carboxylic acids is 2. The molecule has 1 unspecified atom stereocenters. The quantitative estimate of drug-likeness (QED) is 0.440. The predicted molar refractivity (Wildman–Crippen MR) is 31.3 cm³/mol. The molecule has 54 valence electrons. The Morgan fingerprint density at radius 3 is 2.60 bits per heavy atom. The summed E-state index contributed by atoms with van der Waals surface area (Å²) in [4.78, 5) is 21.0. The first kappa shape index (κ1) is 6.95. The summed E-state index contributed by atoms with van der Waals surface area (Å²) in [5.74, 6) is -1.72. The minimum Gasteiger partial charge on any atom is -0.505 e. The molecule has 1 aliphatic rings. The van der Waals surface area contributed by atoms with Gasteiger partial charge in [0.2, 0.25) is 5.78 Å². The summed E-state index contributed by atoms with van der Waals surface area (Å²) in [5, 5.41) is 17.4. The van der Waals surface area contributed by atoms with Gasteiger partial charge in [0.15, 0.2) is 11.5 Å². The largest absolute Gasteiger partial charge is 0.505 e. The summed E-state index contributed by atoms with van der Waals surface area (Å²) in [5.41, 5.74) is 0. The van der Waals surface area contributed by atoms with Crippen LogP contribution in [0.2, 0.25) is 0 Å². The molecule has 0 heterocycles. The van der Waals surface area contributed by atoms with Crippen LogP contribution in [-0.4, -0.2) is 27.9 Å². The van der Waals surface area contributed by atoms with Crippen molar-refractivity contribution in [3.05, 3.63) is 11.8 Å². The SMILES string of the molecule is O=C1CC(=O)C(O)C=C1O. The number of hydrogen-bond donors (Lipinski definition) is 2. The van der Waals surface area contributed by atoms with E-state index in [4.69, 9.17) is 10.2 Å². The van der Waals surface area contributed by atoms with Crippen molar-refractivity contribution in [2.45, 2.75) is 12.5 Å². The average molecular weight is 142 g/mol. The van der Waals surface area contributed by atoms with E-state index in [1.165, 1.54) is 0 Å². The number of Topliss-reactive ketones (excluding diaryl/α,β-unsaturated/α-hetero) is 2. The Morgan fingerprint density at radius 1 is 1.50 bits per heavy atom. The molecule has 0 aromatic rings. The third-order valence-corrected chi connectivity index (χ3v) is 1.27. The van der Waals surface area contributed by atoms with E-state index in [0.29, 0.717) is 0 Å². The Kier molecular flexibility index (Phi) is 1.55. The molecule has 1 rings (SSSR count). The van der Waals surface area contributed by atoms with Crippen LogP contribution in [0.1, 0.15) is 6.42 Å². The van der Waals surface area contributed by atoms with Crippen molar-refractivity contribution in [2.75, 3.05) is 0 Å². The van der Waals surface area contributed by atoms with Crippen LogP contribution in [0, 0.1) is 0 Å². The van der Waals surface area contributed by atoms with Crippen molar-refractivity contribution in [1.29, 1.82) is 0 Å². The second kappa shape index (κ2) is 2.22. The van der Waals surface area contributed by atoms with Crippen molar-refractivity contribution in [3.8, 4) is 0 Å². The second-order valence-electron chi connectivity index (χ2n) is 2.06. The van der Waals surface area contributed by atoms with E-state index in [0.717, 1.165) is 6.08 Å². The zero-order valence-electron chi connectivity index (χ0n) is 5.07. The lowest BCUT2D eigenvalue weighted by Crippen LogP contribution is -2.27. The Morgan fingerprint density at radius 2 is 2.10 bits per heavy atom. The van der Waals surface area contributed by atoms with Gasteiger partial charge in [-0.15, -0.1) is 0 Å². The third-order valence-electron chi connectivity index (χ3n) is 1.27. The first-order valence-electron chi connectivity index (χ1n) is 2.76. The number of rotatable bonds is 0. The third kappa shape index (κ3) is 1.06. The van der Waals surface area contributed by atoms with Crippen LogP contribution in [-0.2, 0) is 9.59 Å². The van der Waals surface area contributed by atoms with Gasteiger partial charge < -0.3 is 10.2 Å². The molecule has 0 aromatic carbocycles. The van der Waals surface area contributed by atoms with Gasteiger partial charge in [0.25, 0.3) is 0 Å². The summed E-state index contributed by atoms with van der Waals surface area (Å²) in [6, 6.07) is 0. The van der Waals surface area contributed by atoms with Crippen molar-refractivity contribution >= 4 is 11.6 Å². The molecule has 0 aliphatic heterocycles. The molecule has 0 fully saturated rings. The van der Waals surface area contributed by atoms with Gasteiger partial charge in [0, 0.05) is 0 Å². The highest BCUT2D eigenvalue weighted by atomic mass is 16.3. The molecule has 0 spiro atoms. The fourth-order valence-corrected chi connectivity index (χ4v) is 0.689. The van der Waals surface area contributed by atoms with Crippen LogP contribution >= 0.6 is 0 Å². The van der Waals surface area contributed by atoms with E-state index in [2.05, 4.69) is 0 Å². The van der Waals surface area contributed by atoms with Gasteiger partial charge in [0.1, 0.15) is 6.10 Å². The van der Waals surface area contributed by atoms with Crippen LogP contribution < -0.4 is 0 Å². The minimum absolute atomic E-state index is 0.399. The second-order valence-corrected chi connectivity index (χ2v) is 2.06. The van der Waals surface area contributed by atoms with Crippen molar-refractivity contribution in [1.82, 2.24) is 0 Å². The van der Waals surface area contributed by atoms with Gasteiger partial charge in [-0.1, -0.05) is 0 Å². The van der Waals surface area contributed by atoms with Crippen LogP contribution in [0.4, 0.5) is 0 Å². The maximum atomic E-state index is 10.5. The summed E-state index contributed by atoms with van der Waals surface area (Å²) in [6.07, 6.45) is -0.866. The van der Waals surface area contributed by atoms with E-state index in [9.17, 15) is 9.59 Å². The number of hydrogen-bond acceptors (Lipinski definition) is 4. The zero-order chi connectivity index (χ0) is 7.72. The molecule has 4 nitrogen and oxygen atoms in total. The number of aliphatic hydroxyl groups excluding tert-OH is 2. The van der Waals surface area contributed by atoms with Gasteiger partial charge in [0.05, 0.1) is 6.42 Å². The van der Waals surface area contributed by atoms with Crippen LogP contribution in [0.5, 0.6) is 0 Å². The molecule has 0 bridgehead atoms. The summed E-state index contributed by atoms with van der Waals surface area (Å²) < 4.78 is 0. The van der Waals surface area contributed by atoms with Crippen LogP contribution in [0.3, 0.4) is 0 Å². The number of aliphatic hydroxyl groups is 2. The van der Waals surface area contributed by atoms with Crippen LogP contribution in [0.25, 0.3) is 0 Å². The molecule has 4 heteroatoms. The molecule has 0 saturated heterocycles. The first-order chi connectivity index (χ1) is 4.61. The number of allylic oxidation sites excluding steroid dienone is 1. The van der Waals surface area contributed by atoms with Gasteiger partial charge >= 0.3 is 0 Å². The topological polar surface area (TPSA) is 74.6 Å².